The van der Waals surface area contributed by atoms with Gasteiger partial charge in [0.25, 0.3) is 0 Å². The average Bonchev–Trinajstić information content (AvgIpc) is 2.66. The topological polar surface area (TPSA) is 21.3 Å². The van der Waals surface area contributed by atoms with Crippen LogP contribution in [0.25, 0.3) is 0 Å². The van der Waals surface area contributed by atoms with Crippen LogP contribution in [0.5, 0.6) is 0 Å². The fourth-order valence-corrected chi connectivity index (χ4v) is 3.56. The molecule has 1 N–H and O–H groups in total. The van der Waals surface area contributed by atoms with Crippen LogP contribution >= 0.6 is 11.6 Å². The first-order chi connectivity index (χ1) is 9.22. The molecular formula is C16H24ClNO. The molecule has 1 aliphatic carbocycles. The number of nitrogens with one attached hydrogen (secondary N) is 1. The summed E-state index contributed by atoms with van der Waals surface area (Å²) in [5, 5.41) is 4.24. The van der Waals surface area contributed by atoms with Gasteiger partial charge >= 0.3 is 0 Å². The van der Waals surface area contributed by atoms with Gasteiger partial charge in [-0.25, -0.2) is 0 Å². The standard InChI is InChI=1S/C16H24ClNO/c1-18-15(13-8-7-9-14(17)12-13)16(19-2)10-5-3-4-6-11-16/h7-9,12,15,18H,3-6,10-11H2,1-2H3. The number of methoxy groups -OCH3 is 1. The fourth-order valence-electron chi connectivity index (χ4n) is 3.36. The molecule has 0 spiro atoms. The van der Waals surface area contributed by atoms with E-state index in [0.29, 0.717) is 0 Å². The van der Waals surface area contributed by atoms with E-state index in [4.69, 9.17) is 16.3 Å². The fraction of sp³-hybridized carbons (Fsp3) is 0.625. The molecule has 1 aromatic carbocycles. The molecule has 2 rings (SSSR count). The van der Waals surface area contributed by atoms with Crippen LogP contribution in [0, 0.1) is 0 Å². The summed E-state index contributed by atoms with van der Waals surface area (Å²) in [6.07, 6.45) is 7.34. The minimum absolute atomic E-state index is 0.101. The van der Waals surface area contributed by atoms with Crippen molar-refractivity contribution >= 4 is 11.6 Å². The van der Waals surface area contributed by atoms with E-state index in [0.717, 1.165) is 17.9 Å². The first-order valence-corrected chi connectivity index (χ1v) is 7.57. The minimum atomic E-state index is -0.101. The molecule has 106 valence electrons. The molecule has 3 heteroatoms. The monoisotopic (exact) mass is 281 g/mol. The summed E-state index contributed by atoms with van der Waals surface area (Å²) < 4.78 is 6.00. The number of likely N-dealkylation sites (N-methyl/N-ethyl adjacent to an activating group) is 1. The van der Waals surface area contributed by atoms with Gasteiger partial charge in [-0.15, -0.1) is 0 Å². The Labute approximate surface area is 121 Å². The Morgan fingerprint density at radius 1 is 1.21 bits per heavy atom. The van der Waals surface area contributed by atoms with E-state index >= 15 is 0 Å². The number of benzene rings is 1. The summed E-state index contributed by atoms with van der Waals surface area (Å²) in [5.74, 6) is 0. The minimum Gasteiger partial charge on any atom is -0.376 e. The predicted molar refractivity (Wildman–Crippen MR) is 80.7 cm³/mol. The summed E-state index contributed by atoms with van der Waals surface area (Å²) >= 11 is 6.14. The van der Waals surface area contributed by atoms with E-state index in [-0.39, 0.29) is 11.6 Å². The van der Waals surface area contributed by atoms with Crippen molar-refractivity contribution in [2.24, 2.45) is 0 Å². The predicted octanol–water partition coefficient (Wildman–Crippen LogP) is 4.34. The van der Waals surface area contributed by atoms with Crippen molar-refractivity contribution in [2.75, 3.05) is 14.2 Å². The molecule has 0 aliphatic heterocycles. The summed E-state index contributed by atoms with van der Waals surface area (Å²) in [5.41, 5.74) is 1.12. The van der Waals surface area contributed by atoms with Gasteiger partial charge in [-0.05, 0) is 37.6 Å². The Hall–Kier alpha value is -0.570. The molecule has 1 atom stereocenters. The van der Waals surface area contributed by atoms with Crippen LogP contribution in [-0.2, 0) is 4.74 Å². The molecule has 1 aromatic rings. The van der Waals surface area contributed by atoms with Crippen LogP contribution in [0.4, 0.5) is 0 Å². The molecule has 2 nitrogen and oxygen atoms in total. The van der Waals surface area contributed by atoms with E-state index in [1.54, 1.807) is 0 Å². The second-order valence-corrected chi connectivity index (χ2v) is 5.90. The Morgan fingerprint density at radius 3 is 2.42 bits per heavy atom. The first kappa shape index (κ1) is 14.8. The van der Waals surface area contributed by atoms with Crippen LogP contribution in [-0.4, -0.2) is 19.8 Å². The van der Waals surface area contributed by atoms with Gasteiger partial charge in [0.05, 0.1) is 11.6 Å². The van der Waals surface area contributed by atoms with E-state index in [1.165, 1.54) is 31.2 Å². The van der Waals surface area contributed by atoms with E-state index < -0.39 is 0 Å². The number of hydrogen-bond acceptors (Lipinski definition) is 2. The molecule has 0 aromatic heterocycles. The van der Waals surface area contributed by atoms with E-state index in [9.17, 15) is 0 Å². The van der Waals surface area contributed by atoms with Gasteiger partial charge in [0.1, 0.15) is 0 Å². The molecule has 1 saturated carbocycles. The first-order valence-electron chi connectivity index (χ1n) is 7.20. The normalized spacial score (nSPS) is 20.8. The quantitative estimate of drug-likeness (QED) is 0.829. The Morgan fingerprint density at radius 2 is 1.89 bits per heavy atom. The van der Waals surface area contributed by atoms with Crippen LogP contribution in [0.1, 0.15) is 50.1 Å². The van der Waals surface area contributed by atoms with Gasteiger partial charge in [-0.1, -0.05) is 49.4 Å². The van der Waals surface area contributed by atoms with Crippen molar-refractivity contribution in [3.8, 4) is 0 Å². The summed E-state index contributed by atoms with van der Waals surface area (Å²) in [4.78, 5) is 0. The highest BCUT2D eigenvalue weighted by molar-refractivity contribution is 6.30. The Kier molecular flexibility index (Phi) is 5.26. The lowest BCUT2D eigenvalue weighted by atomic mass is 9.82. The van der Waals surface area contributed by atoms with Crippen molar-refractivity contribution in [1.29, 1.82) is 0 Å². The van der Waals surface area contributed by atoms with E-state index in [1.807, 2.05) is 32.4 Å². The molecule has 0 bridgehead atoms. The summed E-state index contributed by atoms with van der Waals surface area (Å²) in [6, 6.07) is 8.33. The molecule has 1 aliphatic rings. The maximum absolute atomic E-state index is 6.14. The third kappa shape index (κ3) is 3.31. The van der Waals surface area contributed by atoms with Gasteiger partial charge in [0, 0.05) is 12.1 Å². The zero-order chi connectivity index (χ0) is 13.7. The maximum atomic E-state index is 6.14. The third-order valence-corrected chi connectivity index (χ3v) is 4.59. The highest BCUT2D eigenvalue weighted by Gasteiger charge is 2.39. The highest BCUT2D eigenvalue weighted by atomic mass is 35.5. The maximum Gasteiger partial charge on any atom is 0.0872 e. The molecule has 0 saturated heterocycles. The number of rotatable bonds is 4. The number of hydrogen-bond donors (Lipinski definition) is 1. The van der Waals surface area contributed by atoms with Crippen LogP contribution in [0.15, 0.2) is 24.3 Å². The van der Waals surface area contributed by atoms with Gasteiger partial charge in [-0.2, -0.15) is 0 Å². The lowest BCUT2D eigenvalue weighted by molar-refractivity contribution is -0.0522. The zero-order valence-corrected chi connectivity index (χ0v) is 12.7. The molecule has 1 fully saturated rings. The third-order valence-electron chi connectivity index (χ3n) is 4.35. The number of ether oxygens (including phenoxy) is 1. The molecule has 1 unspecified atom stereocenters. The second-order valence-electron chi connectivity index (χ2n) is 5.46. The molecule has 0 radical (unpaired) electrons. The van der Waals surface area contributed by atoms with Gasteiger partial charge < -0.3 is 10.1 Å². The molecule has 19 heavy (non-hydrogen) atoms. The average molecular weight is 282 g/mol. The largest absolute Gasteiger partial charge is 0.376 e. The SMILES string of the molecule is CNC(c1cccc(Cl)c1)C1(OC)CCCCCC1. The van der Waals surface area contributed by atoms with Crippen LogP contribution in [0.3, 0.4) is 0 Å². The van der Waals surface area contributed by atoms with Crippen molar-refractivity contribution in [3.63, 3.8) is 0 Å². The van der Waals surface area contributed by atoms with Crippen molar-refractivity contribution < 1.29 is 4.74 Å². The van der Waals surface area contributed by atoms with Crippen molar-refractivity contribution in [1.82, 2.24) is 5.32 Å². The summed E-state index contributed by atoms with van der Waals surface area (Å²) in [7, 11) is 3.86. The zero-order valence-electron chi connectivity index (χ0n) is 11.9. The summed E-state index contributed by atoms with van der Waals surface area (Å²) in [6.45, 7) is 0. The Bertz CT molecular complexity index is 399. The van der Waals surface area contributed by atoms with Crippen LogP contribution < -0.4 is 5.32 Å². The molecule has 0 amide bonds. The molecular weight excluding hydrogens is 258 g/mol. The van der Waals surface area contributed by atoms with Crippen molar-refractivity contribution in [2.45, 2.75) is 50.2 Å². The van der Waals surface area contributed by atoms with Gasteiger partial charge in [0.15, 0.2) is 0 Å². The number of halogens is 1. The smallest absolute Gasteiger partial charge is 0.0872 e. The van der Waals surface area contributed by atoms with Gasteiger partial charge in [-0.3, -0.25) is 0 Å². The lowest BCUT2D eigenvalue weighted by Gasteiger charge is -2.39. The highest BCUT2D eigenvalue weighted by Crippen LogP contribution is 2.40. The van der Waals surface area contributed by atoms with Crippen molar-refractivity contribution in [3.05, 3.63) is 34.9 Å². The lowest BCUT2D eigenvalue weighted by Crippen LogP contribution is -2.44. The van der Waals surface area contributed by atoms with Gasteiger partial charge in [0.2, 0.25) is 0 Å². The molecule has 0 heterocycles. The van der Waals surface area contributed by atoms with Crippen LogP contribution in [0.2, 0.25) is 5.02 Å². The second kappa shape index (κ2) is 6.74. The Balaban J connectivity index is 2.32. The van der Waals surface area contributed by atoms with E-state index in [2.05, 4.69) is 11.4 Å².